The van der Waals surface area contributed by atoms with Crippen LogP contribution in [0.5, 0.6) is 5.75 Å². The van der Waals surface area contributed by atoms with Gasteiger partial charge >= 0.3 is 0 Å². The Kier molecular flexibility index (Phi) is 9.46. The SMILES string of the molecule is C=CCCOCCNCC(O)COc1ccc(Cl)cc1Cl. The maximum atomic E-state index is 9.79. The first-order chi connectivity index (χ1) is 10.1. The van der Waals surface area contributed by atoms with Crippen LogP contribution in [0, 0.1) is 0 Å². The van der Waals surface area contributed by atoms with E-state index < -0.39 is 6.10 Å². The largest absolute Gasteiger partial charge is 0.489 e. The van der Waals surface area contributed by atoms with E-state index in [2.05, 4.69) is 11.9 Å². The summed E-state index contributed by atoms with van der Waals surface area (Å²) in [6.45, 7) is 6.15. The molecule has 0 amide bonds. The van der Waals surface area contributed by atoms with E-state index in [1.165, 1.54) is 0 Å². The first kappa shape index (κ1) is 18.3. The van der Waals surface area contributed by atoms with Crippen molar-refractivity contribution >= 4 is 23.2 Å². The molecule has 118 valence electrons. The predicted molar refractivity (Wildman–Crippen MR) is 86.5 cm³/mol. The first-order valence-corrected chi connectivity index (χ1v) is 7.54. The van der Waals surface area contributed by atoms with Gasteiger partial charge in [0.25, 0.3) is 0 Å². The quantitative estimate of drug-likeness (QED) is 0.483. The highest BCUT2D eigenvalue weighted by molar-refractivity contribution is 6.35. The minimum atomic E-state index is -0.620. The third kappa shape index (κ3) is 8.29. The van der Waals surface area contributed by atoms with Crippen molar-refractivity contribution in [1.29, 1.82) is 0 Å². The molecular formula is C15H21Cl2NO3. The zero-order valence-corrected chi connectivity index (χ0v) is 13.4. The second-order valence-corrected chi connectivity index (χ2v) is 5.28. The molecular weight excluding hydrogens is 313 g/mol. The van der Waals surface area contributed by atoms with Crippen LogP contribution in [0.25, 0.3) is 0 Å². The Balaban J connectivity index is 2.11. The van der Waals surface area contributed by atoms with Crippen molar-refractivity contribution < 1.29 is 14.6 Å². The second-order valence-electron chi connectivity index (χ2n) is 4.43. The molecule has 1 atom stereocenters. The molecule has 0 heterocycles. The van der Waals surface area contributed by atoms with Crippen LogP contribution in [0.1, 0.15) is 6.42 Å². The number of benzene rings is 1. The number of nitrogens with one attached hydrogen (secondary N) is 1. The van der Waals surface area contributed by atoms with Gasteiger partial charge < -0.3 is 19.9 Å². The van der Waals surface area contributed by atoms with Gasteiger partial charge in [0.1, 0.15) is 18.5 Å². The summed E-state index contributed by atoms with van der Waals surface area (Å²) in [6.07, 6.45) is 2.04. The zero-order chi connectivity index (χ0) is 15.5. The summed E-state index contributed by atoms with van der Waals surface area (Å²) in [6, 6.07) is 4.97. The van der Waals surface area contributed by atoms with E-state index in [1.54, 1.807) is 18.2 Å². The highest BCUT2D eigenvalue weighted by Gasteiger charge is 2.07. The first-order valence-electron chi connectivity index (χ1n) is 6.78. The Morgan fingerprint density at radius 2 is 2.14 bits per heavy atom. The molecule has 0 spiro atoms. The molecule has 0 aliphatic rings. The van der Waals surface area contributed by atoms with Crippen LogP contribution < -0.4 is 10.1 Å². The third-order valence-electron chi connectivity index (χ3n) is 2.59. The lowest BCUT2D eigenvalue weighted by Gasteiger charge is -2.14. The number of aliphatic hydroxyl groups is 1. The third-order valence-corrected chi connectivity index (χ3v) is 3.13. The standard InChI is InChI=1S/C15H21Cl2NO3/c1-2-3-7-20-8-6-18-10-13(19)11-21-15-5-4-12(16)9-14(15)17/h2,4-5,9,13,18-19H,1,3,6-8,10-11H2. The summed E-state index contributed by atoms with van der Waals surface area (Å²) >= 11 is 11.8. The number of hydrogen-bond donors (Lipinski definition) is 2. The Morgan fingerprint density at radius 3 is 2.86 bits per heavy atom. The molecule has 0 bridgehead atoms. The number of halogens is 2. The topological polar surface area (TPSA) is 50.7 Å². The number of aliphatic hydroxyl groups excluding tert-OH is 1. The molecule has 0 saturated heterocycles. The second kappa shape index (κ2) is 10.9. The van der Waals surface area contributed by atoms with E-state index in [0.717, 1.165) is 6.42 Å². The Morgan fingerprint density at radius 1 is 1.33 bits per heavy atom. The van der Waals surface area contributed by atoms with Crippen molar-refractivity contribution in [3.63, 3.8) is 0 Å². The average Bonchev–Trinajstić information content (AvgIpc) is 2.45. The van der Waals surface area contributed by atoms with Crippen molar-refractivity contribution in [2.45, 2.75) is 12.5 Å². The van der Waals surface area contributed by atoms with E-state index in [4.69, 9.17) is 32.7 Å². The summed E-state index contributed by atoms with van der Waals surface area (Å²) in [4.78, 5) is 0. The molecule has 1 aromatic rings. The lowest BCUT2D eigenvalue weighted by atomic mass is 10.3. The van der Waals surface area contributed by atoms with Gasteiger partial charge in [-0.3, -0.25) is 0 Å². The fourth-order valence-electron chi connectivity index (χ4n) is 1.52. The minimum absolute atomic E-state index is 0.158. The highest BCUT2D eigenvalue weighted by Crippen LogP contribution is 2.27. The highest BCUT2D eigenvalue weighted by atomic mass is 35.5. The van der Waals surface area contributed by atoms with Gasteiger partial charge in [-0.15, -0.1) is 6.58 Å². The van der Waals surface area contributed by atoms with Gasteiger partial charge in [-0.25, -0.2) is 0 Å². The van der Waals surface area contributed by atoms with Crippen LogP contribution >= 0.6 is 23.2 Å². The fourth-order valence-corrected chi connectivity index (χ4v) is 1.98. The number of ether oxygens (including phenoxy) is 2. The van der Waals surface area contributed by atoms with Gasteiger partial charge in [0.2, 0.25) is 0 Å². The van der Waals surface area contributed by atoms with E-state index in [9.17, 15) is 5.11 Å². The van der Waals surface area contributed by atoms with Crippen molar-refractivity contribution in [2.24, 2.45) is 0 Å². The molecule has 0 aliphatic carbocycles. The molecule has 1 aromatic carbocycles. The lowest BCUT2D eigenvalue weighted by Crippen LogP contribution is -2.33. The summed E-state index contributed by atoms with van der Waals surface area (Å²) in [5.41, 5.74) is 0. The van der Waals surface area contributed by atoms with Crippen LogP contribution in [0.2, 0.25) is 10.0 Å². The smallest absolute Gasteiger partial charge is 0.138 e. The molecule has 1 unspecified atom stereocenters. The molecule has 0 saturated carbocycles. The zero-order valence-electron chi connectivity index (χ0n) is 11.9. The summed E-state index contributed by atoms with van der Waals surface area (Å²) < 4.78 is 10.8. The molecule has 0 radical (unpaired) electrons. The van der Waals surface area contributed by atoms with Gasteiger partial charge in [0, 0.05) is 18.1 Å². The van der Waals surface area contributed by atoms with Crippen molar-refractivity contribution in [3.05, 3.63) is 40.9 Å². The van der Waals surface area contributed by atoms with Crippen molar-refractivity contribution in [2.75, 3.05) is 32.9 Å². The van der Waals surface area contributed by atoms with E-state index in [0.29, 0.717) is 42.1 Å². The van der Waals surface area contributed by atoms with Crippen LogP contribution in [0.3, 0.4) is 0 Å². The van der Waals surface area contributed by atoms with E-state index >= 15 is 0 Å². The Labute approximate surface area is 135 Å². The van der Waals surface area contributed by atoms with Gasteiger partial charge in [-0.1, -0.05) is 29.3 Å². The van der Waals surface area contributed by atoms with E-state index in [-0.39, 0.29) is 6.61 Å². The molecule has 0 aromatic heterocycles. The van der Waals surface area contributed by atoms with E-state index in [1.807, 2.05) is 6.08 Å². The van der Waals surface area contributed by atoms with Crippen molar-refractivity contribution in [3.8, 4) is 5.75 Å². The minimum Gasteiger partial charge on any atom is -0.489 e. The monoisotopic (exact) mass is 333 g/mol. The fraction of sp³-hybridized carbons (Fsp3) is 0.467. The van der Waals surface area contributed by atoms with Crippen LogP contribution in [-0.2, 0) is 4.74 Å². The van der Waals surface area contributed by atoms with Crippen LogP contribution in [0.4, 0.5) is 0 Å². The van der Waals surface area contributed by atoms with Crippen molar-refractivity contribution in [1.82, 2.24) is 5.32 Å². The Bertz CT molecular complexity index is 429. The molecule has 6 heteroatoms. The normalized spacial score (nSPS) is 12.1. The molecule has 0 fully saturated rings. The lowest BCUT2D eigenvalue weighted by molar-refractivity contribution is 0.0994. The average molecular weight is 334 g/mol. The number of hydrogen-bond acceptors (Lipinski definition) is 4. The summed E-state index contributed by atoms with van der Waals surface area (Å²) in [5, 5.41) is 13.8. The van der Waals surface area contributed by atoms with Gasteiger partial charge in [0.05, 0.1) is 18.2 Å². The van der Waals surface area contributed by atoms with Gasteiger partial charge in [-0.05, 0) is 24.6 Å². The number of rotatable bonds is 11. The maximum absolute atomic E-state index is 9.79. The Hall–Kier alpha value is -0.780. The van der Waals surface area contributed by atoms with Gasteiger partial charge in [0.15, 0.2) is 0 Å². The van der Waals surface area contributed by atoms with Crippen LogP contribution in [-0.4, -0.2) is 44.1 Å². The molecule has 4 nitrogen and oxygen atoms in total. The molecule has 0 aliphatic heterocycles. The summed E-state index contributed by atoms with van der Waals surface area (Å²) in [5.74, 6) is 0.507. The summed E-state index contributed by atoms with van der Waals surface area (Å²) in [7, 11) is 0. The van der Waals surface area contributed by atoms with Gasteiger partial charge in [-0.2, -0.15) is 0 Å². The van der Waals surface area contributed by atoms with Crippen LogP contribution in [0.15, 0.2) is 30.9 Å². The molecule has 21 heavy (non-hydrogen) atoms. The maximum Gasteiger partial charge on any atom is 0.138 e. The molecule has 1 rings (SSSR count). The predicted octanol–water partition coefficient (Wildman–Crippen LogP) is 2.92. The molecule has 2 N–H and O–H groups in total.